The Balaban J connectivity index is 1.40. The van der Waals surface area contributed by atoms with Crippen LogP contribution in [-0.4, -0.2) is 84.7 Å². The van der Waals surface area contributed by atoms with Crippen molar-refractivity contribution in [3.8, 4) is 11.5 Å². The van der Waals surface area contributed by atoms with E-state index in [1.54, 1.807) is 0 Å². The fraction of sp³-hybridized carbons (Fsp3) is 0.613. The third-order valence-electron chi connectivity index (χ3n) is 8.12. The van der Waals surface area contributed by atoms with Crippen molar-refractivity contribution in [2.45, 2.75) is 70.0 Å². The van der Waals surface area contributed by atoms with Crippen LogP contribution in [-0.2, 0) is 5.41 Å². The zero-order chi connectivity index (χ0) is 29.6. The summed E-state index contributed by atoms with van der Waals surface area (Å²) < 4.78 is 15.5. The maximum Gasteiger partial charge on any atom is 0.147 e. The first-order valence-electron chi connectivity index (χ1n) is 14.6. The van der Waals surface area contributed by atoms with E-state index < -0.39 is 12.2 Å². The number of rotatable bonds is 12. The molecule has 0 spiro atoms. The molecule has 0 radical (unpaired) electrons. The monoisotopic (exact) mass is 822 g/mol. The molecule has 2 aromatic rings. The Labute approximate surface area is 278 Å². The molecule has 0 aliphatic carbocycles. The van der Waals surface area contributed by atoms with Gasteiger partial charge in [0.2, 0.25) is 0 Å². The molecule has 0 bridgehead atoms. The summed E-state index contributed by atoms with van der Waals surface area (Å²) in [7, 11) is 0. The van der Waals surface area contributed by atoms with Gasteiger partial charge in [0.1, 0.15) is 36.9 Å². The lowest BCUT2D eigenvalue weighted by Gasteiger charge is -2.30. The van der Waals surface area contributed by atoms with E-state index in [0.717, 1.165) is 55.2 Å². The Hall–Kier alpha value is -0.200. The number of β-amino-alcohol motifs (C(OH)–C–C–N with tert-alkyl or cyclic N) is 2. The number of ether oxygens (including phenoxy) is 2. The number of aliphatic hydroxyl groups is 2. The van der Waals surface area contributed by atoms with E-state index in [4.69, 9.17) is 9.47 Å². The predicted octanol–water partition coefficient (Wildman–Crippen LogP) is 7.51. The highest BCUT2D eigenvalue weighted by molar-refractivity contribution is 9.11. The Morgan fingerprint density at radius 1 is 0.634 bits per heavy atom. The number of benzene rings is 2. The summed E-state index contributed by atoms with van der Waals surface area (Å²) in [5.74, 6) is 1.38. The predicted molar refractivity (Wildman–Crippen MR) is 179 cm³/mol. The summed E-state index contributed by atoms with van der Waals surface area (Å²) in [6, 6.07) is 8.33. The van der Waals surface area contributed by atoms with Crippen molar-refractivity contribution in [3.63, 3.8) is 0 Å². The molecule has 2 aliphatic heterocycles. The Morgan fingerprint density at radius 3 is 1.27 bits per heavy atom. The van der Waals surface area contributed by atoms with Gasteiger partial charge in [-0.05, 0) is 151 Å². The lowest BCUT2D eigenvalue weighted by atomic mass is 9.78. The number of nitrogens with zero attached hydrogens (tertiary/aromatic N) is 2. The fourth-order valence-corrected chi connectivity index (χ4v) is 8.46. The molecule has 2 N–H and O–H groups in total. The van der Waals surface area contributed by atoms with Crippen molar-refractivity contribution in [1.29, 1.82) is 0 Å². The van der Waals surface area contributed by atoms with E-state index in [1.807, 2.05) is 0 Å². The zero-order valence-electron chi connectivity index (χ0n) is 24.0. The molecule has 0 unspecified atom stereocenters. The van der Waals surface area contributed by atoms with Gasteiger partial charge in [-0.2, -0.15) is 0 Å². The van der Waals surface area contributed by atoms with Crippen LogP contribution in [0, 0.1) is 0 Å². The summed E-state index contributed by atoms with van der Waals surface area (Å²) in [5, 5.41) is 21.1. The third kappa shape index (κ3) is 9.40. The number of piperidine rings is 2. The van der Waals surface area contributed by atoms with Crippen molar-refractivity contribution < 1.29 is 19.7 Å². The maximum atomic E-state index is 10.6. The minimum Gasteiger partial charge on any atom is -0.488 e. The fourth-order valence-electron chi connectivity index (χ4n) is 5.63. The number of halogens is 4. The molecule has 0 aromatic heterocycles. The second-order valence-electron chi connectivity index (χ2n) is 11.8. The van der Waals surface area contributed by atoms with E-state index in [2.05, 4.69) is 112 Å². The number of likely N-dealkylation sites (tertiary alicyclic amines) is 2. The average Bonchev–Trinajstić information content (AvgIpc) is 2.93. The van der Waals surface area contributed by atoms with Crippen LogP contribution < -0.4 is 9.47 Å². The van der Waals surface area contributed by atoms with Crippen molar-refractivity contribution in [2.24, 2.45) is 0 Å². The van der Waals surface area contributed by atoms with Crippen molar-refractivity contribution in [2.75, 3.05) is 52.5 Å². The van der Waals surface area contributed by atoms with E-state index in [9.17, 15) is 10.2 Å². The van der Waals surface area contributed by atoms with Gasteiger partial charge < -0.3 is 29.5 Å². The molecule has 6 nitrogen and oxygen atoms in total. The molecular weight excluding hydrogens is 784 g/mol. The number of aliphatic hydroxyl groups excluding tert-OH is 2. The lowest BCUT2D eigenvalue weighted by molar-refractivity contribution is 0.0611. The van der Waals surface area contributed by atoms with Crippen LogP contribution in [0.15, 0.2) is 42.2 Å². The van der Waals surface area contributed by atoms with Crippen LogP contribution in [0.3, 0.4) is 0 Å². The molecule has 10 heteroatoms. The van der Waals surface area contributed by atoms with Crippen LogP contribution in [0.5, 0.6) is 11.5 Å². The van der Waals surface area contributed by atoms with Gasteiger partial charge in [-0.3, -0.25) is 0 Å². The molecular formula is C31H42Br4N2O4. The third-order valence-corrected chi connectivity index (χ3v) is 10.5. The van der Waals surface area contributed by atoms with Crippen LogP contribution in [0.4, 0.5) is 0 Å². The van der Waals surface area contributed by atoms with E-state index in [0.29, 0.717) is 24.6 Å². The largest absolute Gasteiger partial charge is 0.488 e. The van der Waals surface area contributed by atoms with E-state index in [-0.39, 0.29) is 18.6 Å². The van der Waals surface area contributed by atoms with E-state index in [1.165, 1.54) is 38.5 Å². The smallest absolute Gasteiger partial charge is 0.147 e. The molecule has 41 heavy (non-hydrogen) atoms. The van der Waals surface area contributed by atoms with Crippen LogP contribution in [0.1, 0.15) is 63.5 Å². The van der Waals surface area contributed by atoms with Gasteiger partial charge in [-0.1, -0.05) is 26.7 Å². The Bertz CT molecular complexity index is 1020. The molecule has 0 saturated carbocycles. The first-order valence-corrected chi connectivity index (χ1v) is 17.8. The second-order valence-corrected chi connectivity index (χ2v) is 15.2. The minimum absolute atomic E-state index is 0.241. The molecule has 2 aromatic carbocycles. The molecule has 2 saturated heterocycles. The summed E-state index contributed by atoms with van der Waals surface area (Å²) in [6.07, 6.45) is 6.29. The van der Waals surface area contributed by atoms with Crippen LogP contribution in [0.2, 0.25) is 0 Å². The van der Waals surface area contributed by atoms with Gasteiger partial charge in [0.25, 0.3) is 0 Å². The first kappa shape index (κ1) is 33.7. The Kier molecular flexibility index (Phi) is 12.9. The zero-order valence-corrected chi connectivity index (χ0v) is 30.3. The van der Waals surface area contributed by atoms with Gasteiger partial charge >= 0.3 is 0 Å². The molecule has 2 aliphatic rings. The van der Waals surface area contributed by atoms with Gasteiger partial charge in [0.15, 0.2) is 0 Å². The summed E-state index contributed by atoms with van der Waals surface area (Å²) >= 11 is 14.8. The molecule has 4 rings (SSSR count). The first-order chi connectivity index (χ1) is 19.5. The second kappa shape index (κ2) is 15.7. The highest BCUT2D eigenvalue weighted by Crippen LogP contribution is 2.44. The highest BCUT2D eigenvalue weighted by Gasteiger charge is 2.28. The highest BCUT2D eigenvalue weighted by atomic mass is 79.9. The average molecular weight is 826 g/mol. The lowest BCUT2D eigenvalue weighted by Crippen LogP contribution is -2.38. The van der Waals surface area contributed by atoms with E-state index >= 15 is 0 Å². The standard InChI is InChI=1S/C31H42Br4N2O4/c1-31(2,21-13-25(32)29(26(33)14-21)40-19-23(38)17-36-9-5-3-6-10-36)22-15-27(34)30(28(35)16-22)41-20-24(39)18-37-11-7-4-8-12-37/h13-16,23-24,38-39H,3-12,17-20H2,1-2H3/t23-,24-/m1/s1. The molecule has 2 fully saturated rings. The summed E-state index contributed by atoms with van der Waals surface area (Å²) in [4.78, 5) is 4.63. The topological polar surface area (TPSA) is 65.4 Å². The molecule has 228 valence electrons. The SMILES string of the molecule is CC(C)(c1cc(Br)c(OC[C@H](O)CN2CCCCC2)c(Br)c1)c1cc(Br)c(OC[C@H](O)CN2CCCCC2)c(Br)c1. The maximum absolute atomic E-state index is 10.6. The van der Waals surface area contributed by atoms with Crippen molar-refractivity contribution in [3.05, 3.63) is 53.3 Å². The molecule has 2 atom stereocenters. The number of hydrogen-bond acceptors (Lipinski definition) is 6. The quantitative estimate of drug-likeness (QED) is 0.231. The summed E-state index contributed by atoms with van der Waals surface area (Å²) in [5.41, 5.74) is 1.86. The number of hydrogen-bond donors (Lipinski definition) is 2. The summed E-state index contributed by atoms with van der Waals surface area (Å²) in [6.45, 7) is 10.3. The van der Waals surface area contributed by atoms with Crippen molar-refractivity contribution in [1.82, 2.24) is 9.80 Å². The van der Waals surface area contributed by atoms with Crippen LogP contribution >= 0.6 is 63.7 Å². The molecule has 2 heterocycles. The van der Waals surface area contributed by atoms with Gasteiger partial charge in [-0.15, -0.1) is 0 Å². The van der Waals surface area contributed by atoms with Crippen molar-refractivity contribution >= 4 is 63.7 Å². The Morgan fingerprint density at radius 2 is 0.951 bits per heavy atom. The minimum atomic E-state index is -0.538. The van der Waals surface area contributed by atoms with Crippen LogP contribution in [0.25, 0.3) is 0 Å². The normalized spacial score (nSPS) is 18.7. The molecule has 0 amide bonds. The van der Waals surface area contributed by atoms with Gasteiger partial charge in [0, 0.05) is 18.5 Å². The van der Waals surface area contributed by atoms with Gasteiger partial charge in [-0.25, -0.2) is 0 Å². The van der Waals surface area contributed by atoms with Gasteiger partial charge in [0.05, 0.1) is 17.9 Å².